The highest BCUT2D eigenvalue weighted by atomic mass is 19.1. The summed E-state index contributed by atoms with van der Waals surface area (Å²) in [5.41, 5.74) is 3.22. The highest BCUT2D eigenvalue weighted by Crippen LogP contribution is 2.16. The number of amides is 1. The highest BCUT2D eigenvalue weighted by Gasteiger charge is 2.23. The van der Waals surface area contributed by atoms with Gasteiger partial charge in [0.05, 0.1) is 6.04 Å². The lowest BCUT2D eigenvalue weighted by Crippen LogP contribution is -2.47. The normalized spacial score (nSPS) is 17.1. The Kier molecular flexibility index (Phi) is 3.97. The lowest BCUT2D eigenvalue weighted by Gasteiger charge is -2.25. The van der Waals surface area contributed by atoms with E-state index in [0.29, 0.717) is 19.5 Å². The molecule has 0 aliphatic carbocycles. The zero-order valence-electron chi connectivity index (χ0n) is 11.6. The van der Waals surface area contributed by atoms with E-state index >= 15 is 0 Å². The quantitative estimate of drug-likeness (QED) is 0.907. The van der Waals surface area contributed by atoms with Crippen molar-refractivity contribution in [2.75, 3.05) is 0 Å². The van der Waals surface area contributed by atoms with Gasteiger partial charge in [0.15, 0.2) is 0 Å². The molecule has 0 bridgehead atoms. The summed E-state index contributed by atoms with van der Waals surface area (Å²) in [6, 6.07) is 14.2. The first-order valence-electron chi connectivity index (χ1n) is 7.05. The van der Waals surface area contributed by atoms with Crippen LogP contribution in [-0.2, 0) is 24.3 Å². The second-order valence-electron chi connectivity index (χ2n) is 5.25. The van der Waals surface area contributed by atoms with Crippen LogP contribution in [0.25, 0.3) is 0 Å². The Hall–Kier alpha value is -2.20. The molecule has 0 fully saturated rings. The van der Waals surface area contributed by atoms with Crippen LogP contribution in [-0.4, -0.2) is 11.9 Å². The highest BCUT2D eigenvalue weighted by molar-refractivity contribution is 5.82. The van der Waals surface area contributed by atoms with E-state index in [4.69, 9.17) is 0 Å². The maximum Gasteiger partial charge on any atom is 0.237 e. The molecule has 0 saturated heterocycles. The van der Waals surface area contributed by atoms with Gasteiger partial charge in [0, 0.05) is 13.1 Å². The third-order valence-corrected chi connectivity index (χ3v) is 3.75. The Bertz CT molecular complexity index is 657. The van der Waals surface area contributed by atoms with Gasteiger partial charge in [0.25, 0.3) is 0 Å². The number of hydrogen-bond donors (Lipinski definition) is 2. The summed E-state index contributed by atoms with van der Waals surface area (Å²) in [4.78, 5) is 12.2. The molecule has 3 nitrogen and oxygen atoms in total. The maximum absolute atomic E-state index is 13.1. The predicted molar refractivity (Wildman–Crippen MR) is 79.0 cm³/mol. The molecule has 0 radical (unpaired) electrons. The number of carbonyl (C=O) groups is 1. The van der Waals surface area contributed by atoms with Crippen molar-refractivity contribution in [3.63, 3.8) is 0 Å². The van der Waals surface area contributed by atoms with E-state index in [1.807, 2.05) is 12.1 Å². The zero-order valence-corrected chi connectivity index (χ0v) is 11.6. The van der Waals surface area contributed by atoms with Crippen LogP contribution in [0.5, 0.6) is 0 Å². The Morgan fingerprint density at radius 2 is 2.00 bits per heavy atom. The van der Waals surface area contributed by atoms with Crippen LogP contribution in [0.1, 0.15) is 16.7 Å². The minimum Gasteiger partial charge on any atom is -0.351 e. The number of nitrogens with one attached hydrogen (secondary N) is 2. The average Bonchev–Trinajstić information content (AvgIpc) is 2.52. The summed E-state index contributed by atoms with van der Waals surface area (Å²) in [6.07, 6.45) is 0.686. The van der Waals surface area contributed by atoms with Crippen molar-refractivity contribution in [1.82, 2.24) is 10.6 Å². The zero-order chi connectivity index (χ0) is 14.7. The molecule has 1 amide bonds. The van der Waals surface area contributed by atoms with Gasteiger partial charge < -0.3 is 10.6 Å². The first-order valence-corrected chi connectivity index (χ1v) is 7.05. The summed E-state index contributed by atoms with van der Waals surface area (Å²) < 4.78 is 13.1. The Labute approximate surface area is 123 Å². The molecule has 3 rings (SSSR count). The summed E-state index contributed by atoms with van der Waals surface area (Å²) in [7, 11) is 0. The SMILES string of the molecule is O=C(NCc1cccc(F)c1)[C@@H]1Cc2ccccc2CN1. The molecule has 2 aromatic rings. The van der Waals surface area contributed by atoms with Gasteiger partial charge >= 0.3 is 0 Å². The van der Waals surface area contributed by atoms with Gasteiger partial charge in [-0.2, -0.15) is 0 Å². The standard InChI is InChI=1S/C17H17FN2O/c18-15-7-3-4-12(8-15)10-20-17(21)16-9-13-5-1-2-6-14(13)11-19-16/h1-8,16,19H,9-11H2,(H,20,21)/t16-/m0/s1. The van der Waals surface area contributed by atoms with Crippen molar-refractivity contribution in [2.45, 2.75) is 25.6 Å². The van der Waals surface area contributed by atoms with Crippen LogP contribution in [0, 0.1) is 5.82 Å². The van der Waals surface area contributed by atoms with Gasteiger partial charge in [-0.15, -0.1) is 0 Å². The average molecular weight is 284 g/mol. The van der Waals surface area contributed by atoms with Gasteiger partial charge in [0.2, 0.25) is 5.91 Å². The number of hydrogen-bond acceptors (Lipinski definition) is 2. The summed E-state index contributed by atoms with van der Waals surface area (Å²) in [6.45, 7) is 1.05. The minimum atomic E-state index is -0.286. The number of benzene rings is 2. The second-order valence-corrected chi connectivity index (χ2v) is 5.25. The second kappa shape index (κ2) is 6.06. The smallest absolute Gasteiger partial charge is 0.237 e. The van der Waals surface area contributed by atoms with Crippen LogP contribution in [0.3, 0.4) is 0 Å². The van der Waals surface area contributed by atoms with Gasteiger partial charge in [-0.1, -0.05) is 36.4 Å². The molecular formula is C17H17FN2O. The molecule has 4 heteroatoms. The molecule has 2 aromatic carbocycles. The Morgan fingerprint density at radius 1 is 1.19 bits per heavy atom. The van der Waals surface area contributed by atoms with E-state index in [1.165, 1.54) is 23.3 Å². The third-order valence-electron chi connectivity index (χ3n) is 3.75. The van der Waals surface area contributed by atoms with Crippen LogP contribution >= 0.6 is 0 Å². The van der Waals surface area contributed by atoms with Crippen LogP contribution in [0.15, 0.2) is 48.5 Å². The van der Waals surface area contributed by atoms with Gasteiger partial charge in [-0.3, -0.25) is 4.79 Å². The van der Waals surface area contributed by atoms with E-state index in [9.17, 15) is 9.18 Å². The molecule has 0 spiro atoms. The van der Waals surface area contributed by atoms with E-state index in [0.717, 1.165) is 5.56 Å². The van der Waals surface area contributed by atoms with Crippen molar-refractivity contribution < 1.29 is 9.18 Å². The molecule has 21 heavy (non-hydrogen) atoms. The maximum atomic E-state index is 13.1. The molecule has 0 aromatic heterocycles. The summed E-state index contributed by atoms with van der Waals surface area (Å²) in [5.74, 6) is -0.333. The van der Waals surface area contributed by atoms with Crippen molar-refractivity contribution in [1.29, 1.82) is 0 Å². The van der Waals surface area contributed by atoms with E-state index in [1.54, 1.807) is 12.1 Å². The molecule has 0 saturated carbocycles. The van der Waals surface area contributed by atoms with E-state index in [2.05, 4.69) is 22.8 Å². The van der Waals surface area contributed by atoms with Crippen molar-refractivity contribution >= 4 is 5.91 Å². The fourth-order valence-electron chi connectivity index (χ4n) is 2.60. The third kappa shape index (κ3) is 3.28. The van der Waals surface area contributed by atoms with Crippen molar-refractivity contribution in [3.8, 4) is 0 Å². The molecule has 1 heterocycles. The monoisotopic (exact) mass is 284 g/mol. The van der Waals surface area contributed by atoms with Gasteiger partial charge in [-0.25, -0.2) is 4.39 Å². The lowest BCUT2D eigenvalue weighted by molar-refractivity contribution is -0.123. The number of halogens is 1. The van der Waals surface area contributed by atoms with Crippen LogP contribution in [0.2, 0.25) is 0 Å². The number of fused-ring (bicyclic) bond motifs is 1. The van der Waals surface area contributed by atoms with Crippen molar-refractivity contribution in [2.24, 2.45) is 0 Å². The molecule has 1 atom stereocenters. The van der Waals surface area contributed by atoms with E-state index in [-0.39, 0.29) is 17.8 Å². The fourth-order valence-corrected chi connectivity index (χ4v) is 2.60. The van der Waals surface area contributed by atoms with Gasteiger partial charge in [-0.05, 0) is 35.2 Å². The largest absolute Gasteiger partial charge is 0.351 e. The van der Waals surface area contributed by atoms with Gasteiger partial charge in [0.1, 0.15) is 5.82 Å². The molecule has 2 N–H and O–H groups in total. The Balaban J connectivity index is 1.59. The molecule has 0 unspecified atom stereocenters. The summed E-state index contributed by atoms with van der Waals surface area (Å²) in [5, 5.41) is 6.10. The fraction of sp³-hybridized carbons (Fsp3) is 0.235. The molecular weight excluding hydrogens is 267 g/mol. The van der Waals surface area contributed by atoms with Crippen molar-refractivity contribution in [3.05, 3.63) is 71.0 Å². The Morgan fingerprint density at radius 3 is 2.81 bits per heavy atom. The van der Waals surface area contributed by atoms with Crippen LogP contribution in [0.4, 0.5) is 4.39 Å². The van der Waals surface area contributed by atoms with Crippen LogP contribution < -0.4 is 10.6 Å². The lowest BCUT2D eigenvalue weighted by atomic mass is 9.95. The molecule has 1 aliphatic rings. The first kappa shape index (κ1) is 13.8. The number of carbonyl (C=O) groups excluding carboxylic acids is 1. The molecule has 1 aliphatic heterocycles. The van der Waals surface area contributed by atoms with E-state index < -0.39 is 0 Å². The minimum absolute atomic E-state index is 0.0474. The first-order chi connectivity index (χ1) is 10.2. The molecule has 108 valence electrons. The topological polar surface area (TPSA) is 41.1 Å². The number of rotatable bonds is 3. The predicted octanol–water partition coefficient (Wildman–Crippen LogP) is 2.16. The summed E-state index contributed by atoms with van der Waals surface area (Å²) >= 11 is 0.